The number of rotatable bonds is 11. The van der Waals surface area contributed by atoms with Gasteiger partial charge in [-0.05, 0) is 31.5 Å². The summed E-state index contributed by atoms with van der Waals surface area (Å²) in [6.45, 7) is 2.43. The Morgan fingerprint density at radius 1 is 1.11 bits per heavy atom. The summed E-state index contributed by atoms with van der Waals surface area (Å²) < 4.78 is 17.6. The van der Waals surface area contributed by atoms with Gasteiger partial charge in [0.1, 0.15) is 5.49 Å². The quantitative estimate of drug-likeness (QED) is 0.134. The van der Waals surface area contributed by atoms with Gasteiger partial charge in [-0.1, -0.05) is 30.0 Å². The van der Waals surface area contributed by atoms with Crippen molar-refractivity contribution < 1.29 is 23.8 Å². The summed E-state index contributed by atoms with van der Waals surface area (Å²) in [4.78, 5) is 32.7. The molecule has 0 unspecified atom stereocenters. The number of Topliss-reactive ketones (excluding diaryl/α,β-unsaturated/α-hetero) is 1. The summed E-state index contributed by atoms with van der Waals surface area (Å²) in [7, 11) is 3.07. The third kappa shape index (κ3) is 5.38. The molecule has 9 nitrogen and oxygen atoms in total. The van der Waals surface area contributed by atoms with Gasteiger partial charge >= 0.3 is 5.97 Å². The van der Waals surface area contributed by atoms with Gasteiger partial charge in [-0.25, -0.2) is 4.98 Å². The van der Waals surface area contributed by atoms with Gasteiger partial charge in [0.2, 0.25) is 0 Å². The first-order chi connectivity index (χ1) is 17.4. The number of hydrogen-bond acceptors (Lipinski definition) is 8. The second kappa shape index (κ2) is 11.3. The largest absolute Gasteiger partial charge is 0.493 e. The van der Waals surface area contributed by atoms with Crippen LogP contribution in [0, 0.1) is 5.41 Å². The number of thioether (sulfide) groups is 1. The van der Waals surface area contributed by atoms with Gasteiger partial charge < -0.3 is 23.8 Å². The van der Waals surface area contributed by atoms with Crippen molar-refractivity contribution in [1.82, 2.24) is 14.5 Å². The average molecular weight is 509 g/mol. The van der Waals surface area contributed by atoms with E-state index in [1.54, 1.807) is 23.6 Å². The molecule has 2 aromatic heterocycles. The topological polar surface area (TPSA) is 119 Å². The van der Waals surface area contributed by atoms with Gasteiger partial charge in [0.25, 0.3) is 0 Å². The Morgan fingerprint density at radius 2 is 1.86 bits per heavy atom. The monoisotopic (exact) mass is 508 g/mol. The van der Waals surface area contributed by atoms with Crippen LogP contribution in [0.1, 0.15) is 30.3 Å². The third-order valence-electron chi connectivity index (χ3n) is 5.71. The molecular formula is C26H28N4O5S. The Kier molecular flexibility index (Phi) is 7.94. The highest BCUT2D eigenvalue weighted by Gasteiger charge is 2.16. The first kappa shape index (κ1) is 25.3. The van der Waals surface area contributed by atoms with Crippen molar-refractivity contribution in [1.29, 1.82) is 5.41 Å². The Morgan fingerprint density at radius 3 is 2.58 bits per heavy atom. The number of benzene rings is 2. The number of methoxy groups -OCH3 is 2. The van der Waals surface area contributed by atoms with E-state index in [1.807, 2.05) is 30.3 Å². The number of aromatic amines is 1. The molecule has 0 saturated carbocycles. The second-order valence-corrected chi connectivity index (χ2v) is 8.95. The van der Waals surface area contributed by atoms with Crippen LogP contribution in [-0.4, -0.2) is 52.9 Å². The van der Waals surface area contributed by atoms with Crippen molar-refractivity contribution in [3.63, 3.8) is 0 Å². The van der Waals surface area contributed by atoms with E-state index >= 15 is 0 Å². The maximum atomic E-state index is 12.8. The summed E-state index contributed by atoms with van der Waals surface area (Å²) in [5.74, 6) is 0.697. The highest BCUT2D eigenvalue weighted by molar-refractivity contribution is 7.99. The number of hydrogen-bond donors (Lipinski definition) is 2. The van der Waals surface area contributed by atoms with E-state index in [2.05, 4.69) is 4.98 Å². The number of nitrogens with one attached hydrogen (secondary N) is 2. The standard InChI is InChI=1S/C26H28N4O5S/c1-4-35-24(32)15-36-26-29-19-14-23(34-3)22(33-2)13-17(19)25(27)30(26)11-7-10-21(31)20-12-16-8-5-6-9-18(16)28-20/h5-6,8-9,12-14,27-28H,4,7,10-11,15H2,1-3H3. The van der Waals surface area contributed by atoms with Gasteiger partial charge in [-0.15, -0.1) is 0 Å². The van der Waals surface area contributed by atoms with E-state index < -0.39 is 0 Å². The first-order valence-corrected chi connectivity index (χ1v) is 12.5. The minimum Gasteiger partial charge on any atom is -0.493 e. The van der Waals surface area contributed by atoms with E-state index in [9.17, 15) is 9.59 Å². The molecule has 0 aliphatic rings. The zero-order valence-corrected chi connectivity index (χ0v) is 21.2. The van der Waals surface area contributed by atoms with Gasteiger partial charge in [-0.2, -0.15) is 0 Å². The van der Waals surface area contributed by atoms with Crippen LogP contribution in [-0.2, 0) is 16.1 Å². The molecule has 0 bridgehead atoms. The Balaban J connectivity index is 1.60. The highest BCUT2D eigenvalue weighted by atomic mass is 32.2. The van der Waals surface area contributed by atoms with Crippen molar-refractivity contribution in [2.24, 2.45) is 0 Å². The third-order valence-corrected chi connectivity index (χ3v) is 6.66. The maximum Gasteiger partial charge on any atom is 0.316 e. The van der Waals surface area contributed by atoms with Crippen LogP contribution < -0.4 is 15.0 Å². The van der Waals surface area contributed by atoms with E-state index in [0.717, 1.165) is 10.9 Å². The summed E-state index contributed by atoms with van der Waals surface area (Å²) in [6, 6.07) is 13.0. The highest BCUT2D eigenvalue weighted by Crippen LogP contribution is 2.31. The predicted octanol–water partition coefficient (Wildman–Crippen LogP) is 4.33. The minimum atomic E-state index is -0.358. The summed E-state index contributed by atoms with van der Waals surface area (Å²) in [5, 5.41) is 10.9. The van der Waals surface area contributed by atoms with Gasteiger partial charge in [0.15, 0.2) is 22.4 Å². The van der Waals surface area contributed by atoms with E-state index in [4.69, 9.17) is 24.6 Å². The van der Waals surface area contributed by atoms with E-state index in [-0.39, 0.29) is 23.0 Å². The van der Waals surface area contributed by atoms with Crippen LogP contribution >= 0.6 is 11.8 Å². The zero-order chi connectivity index (χ0) is 25.7. The molecule has 2 heterocycles. The molecule has 2 aromatic carbocycles. The molecule has 0 spiro atoms. The fourth-order valence-electron chi connectivity index (χ4n) is 3.95. The maximum absolute atomic E-state index is 12.8. The van der Waals surface area contributed by atoms with Gasteiger partial charge in [0.05, 0.1) is 37.8 Å². The summed E-state index contributed by atoms with van der Waals surface area (Å²) in [6.07, 6.45) is 0.795. The lowest BCUT2D eigenvalue weighted by atomic mass is 10.1. The zero-order valence-electron chi connectivity index (χ0n) is 20.4. The molecule has 10 heteroatoms. The molecule has 0 aliphatic heterocycles. The SMILES string of the molecule is CCOC(=O)CSc1nc2cc(OC)c(OC)cc2c(=N)n1CCCC(=O)c1cc2ccccc2[nH]1. The molecule has 36 heavy (non-hydrogen) atoms. The fourth-order valence-corrected chi connectivity index (χ4v) is 4.79. The van der Waals surface area contributed by atoms with Crippen molar-refractivity contribution >= 4 is 45.3 Å². The second-order valence-electron chi connectivity index (χ2n) is 8.01. The first-order valence-electron chi connectivity index (χ1n) is 11.6. The average Bonchev–Trinajstić information content (AvgIpc) is 3.33. The van der Waals surface area contributed by atoms with E-state index in [0.29, 0.717) is 59.2 Å². The molecule has 4 rings (SSSR count). The molecule has 0 atom stereocenters. The molecule has 0 amide bonds. The van der Waals surface area contributed by atoms with Crippen molar-refractivity contribution in [3.05, 3.63) is 53.6 Å². The summed E-state index contributed by atoms with van der Waals surface area (Å²) in [5.41, 5.74) is 2.25. The van der Waals surface area contributed by atoms with Gasteiger partial charge in [-0.3, -0.25) is 15.0 Å². The van der Waals surface area contributed by atoms with Crippen LogP contribution in [0.5, 0.6) is 11.5 Å². The number of carbonyl (C=O) groups is 2. The molecule has 0 aliphatic carbocycles. The summed E-state index contributed by atoms with van der Waals surface area (Å²) >= 11 is 1.20. The number of esters is 1. The Hall–Kier alpha value is -3.79. The lowest BCUT2D eigenvalue weighted by molar-refractivity contribution is -0.139. The molecule has 4 aromatic rings. The van der Waals surface area contributed by atoms with Crippen LogP contribution in [0.3, 0.4) is 0 Å². The fraction of sp³-hybridized carbons (Fsp3) is 0.308. The lowest BCUT2D eigenvalue weighted by Gasteiger charge is -2.16. The minimum absolute atomic E-state index is 0.000730. The number of ether oxygens (including phenoxy) is 3. The van der Waals surface area contributed by atoms with Crippen LogP contribution in [0.2, 0.25) is 0 Å². The number of ketones is 1. The molecule has 188 valence electrons. The number of nitrogens with zero attached hydrogens (tertiary/aromatic N) is 2. The number of fused-ring (bicyclic) bond motifs is 2. The molecule has 0 fully saturated rings. The molecular weight excluding hydrogens is 480 g/mol. The molecule has 0 radical (unpaired) electrons. The van der Waals surface area contributed by atoms with Crippen LogP contribution in [0.25, 0.3) is 21.8 Å². The molecule has 0 saturated heterocycles. The van der Waals surface area contributed by atoms with Crippen LogP contribution in [0.4, 0.5) is 0 Å². The normalized spacial score (nSPS) is 11.1. The lowest BCUT2D eigenvalue weighted by Crippen LogP contribution is -2.24. The molecule has 2 N–H and O–H groups in total. The number of H-pyrrole nitrogens is 1. The number of para-hydroxylation sites is 1. The number of carbonyl (C=O) groups excluding carboxylic acids is 2. The predicted molar refractivity (Wildman–Crippen MR) is 138 cm³/mol. The van der Waals surface area contributed by atoms with Gasteiger partial charge in [0, 0.05) is 35.3 Å². The Labute approximate surface area is 212 Å². The van der Waals surface area contributed by atoms with Crippen molar-refractivity contribution in [2.45, 2.75) is 31.5 Å². The smallest absolute Gasteiger partial charge is 0.316 e. The van der Waals surface area contributed by atoms with E-state index in [1.165, 1.54) is 26.0 Å². The number of aromatic nitrogens is 3. The Bertz CT molecular complexity index is 1440. The van der Waals surface area contributed by atoms with Crippen molar-refractivity contribution in [3.8, 4) is 11.5 Å². The van der Waals surface area contributed by atoms with Crippen molar-refractivity contribution in [2.75, 3.05) is 26.6 Å². The van der Waals surface area contributed by atoms with Crippen LogP contribution in [0.15, 0.2) is 47.6 Å².